The Kier molecular flexibility index (Phi) is 8.08. The van der Waals surface area contributed by atoms with E-state index in [1.54, 1.807) is 0 Å². The van der Waals surface area contributed by atoms with E-state index in [2.05, 4.69) is 0 Å². The summed E-state index contributed by atoms with van der Waals surface area (Å²) in [4.78, 5) is 26.2. The van der Waals surface area contributed by atoms with Crippen molar-refractivity contribution in [2.45, 2.75) is 30.5 Å². The summed E-state index contributed by atoms with van der Waals surface area (Å²) < 4.78 is 16.7. The molecule has 44 heavy (non-hydrogen) atoms. The molecule has 230 valence electrons. The lowest BCUT2D eigenvalue weighted by atomic mass is 9.89. The van der Waals surface area contributed by atoms with Gasteiger partial charge >= 0.3 is 5.97 Å². The Morgan fingerprint density at radius 2 is 1.48 bits per heavy atom. The number of aliphatic hydroxyl groups excluding tert-OH is 3. The molecule has 0 radical (unpaired) electrons. The van der Waals surface area contributed by atoms with Crippen LogP contribution in [0.15, 0.2) is 63.8 Å². The topological polar surface area (TPSA) is 248 Å². The van der Waals surface area contributed by atoms with Gasteiger partial charge in [0.05, 0.1) is 5.56 Å². The molecule has 0 aliphatic carbocycles. The van der Waals surface area contributed by atoms with Crippen molar-refractivity contribution in [1.82, 2.24) is 0 Å². The Hall–Kier alpha value is -5.28. The van der Waals surface area contributed by atoms with Crippen molar-refractivity contribution in [2.75, 3.05) is 6.61 Å². The minimum absolute atomic E-state index is 0.0121. The van der Waals surface area contributed by atoms with Crippen molar-refractivity contribution < 1.29 is 64.6 Å². The van der Waals surface area contributed by atoms with E-state index >= 15 is 0 Å². The number of rotatable bonds is 6. The molecule has 4 aromatic rings. The molecule has 1 aromatic heterocycles. The van der Waals surface area contributed by atoms with Crippen LogP contribution in [-0.4, -0.2) is 83.0 Å². The predicted molar refractivity (Wildman–Crippen MR) is 150 cm³/mol. The third-order valence-electron chi connectivity index (χ3n) is 7.03. The zero-order valence-corrected chi connectivity index (χ0v) is 22.4. The fraction of sp³-hybridized carbons (Fsp3) is 0.200. The molecule has 14 nitrogen and oxygen atoms in total. The Bertz CT molecular complexity index is 1830. The van der Waals surface area contributed by atoms with E-state index in [4.69, 9.17) is 13.9 Å². The van der Waals surface area contributed by atoms with E-state index in [1.165, 1.54) is 30.3 Å². The highest BCUT2D eigenvalue weighted by molar-refractivity contribution is 5.88. The highest BCUT2D eigenvalue weighted by Crippen LogP contribution is 2.41. The highest BCUT2D eigenvalue weighted by Gasteiger charge is 2.47. The molecule has 5 rings (SSSR count). The SMILES string of the molecule is O=C(/C=C/c1ccc(O)c(O)c1)OC[C@H]1O[C@@H](c2c(-c3ccc(O)c(O)c3)oc3cc(O)cc(O)c3c2=O)[C@H](O)[C@@H](O)[C@@H]1O. The summed E-state index contributed by atoms with van der Waals surface area (Å²) in [6.45, 7) is -0.668. The van der Waals surface area contributed by atoms with Crippen LogP contribution in [0.1, 0.15) is 17.2 Å². The summed E-state index contributed by atoms with van der Waals surface area (Å²) in [6.07, 6.45) is -6.70. The fourth-order valence-corrected chi connectivity index (χ4v) is 4.78. The normalized spacial score (nSPS) is 21.9. The van der Waals surface area contributed by atoms with E-state index in [0.29, 0.717) is 5.56 Å². The highest BCUT2D eigenvalue weighted by atomic mass is 16.6. The van der Waals surface area contributed by atoms with E-state index in [-0.39, 0.29) is 22.7 Å². The number of carbonyl (C=O) groups excluding carboxylic acids is 1. The van der Waals surface area contributed by atoms with Crippen LogP contribution in [0.3, 0.4) is 0 Å². The van der Waals surface area contributed by atoms with Crippen LogP contribution < -0.4 is 5.43 Å². The first-order valence-electron chi connectivity index (χ1n) is 13.0. The Labute approximate surface area is 246 Å². The second-order valence-electron chi connectivity index (χ2n) is 9.99. The number of phenols is 6. The van der Waals surface area contributed by atoms with Crippen molar-refractivity contribution >= 4 is 23.0 Å². The number of aromatic hydroxyl groups is 6. The Morgan fingerprint density at radius 3 is 2.16 bits per heavy atom. The fourth-order valence-electron chi connectivity index (χ4n) is 4.78. The zero-order chi connectivity index (χ0) is 31.9. The number of hydrogen-bond donors (Lipinski definition) is 9. The predicted octanol–water partition coefficient (Wildman–Crippen LogP) is 1.47. The molecule has 0 amide bonds. The lowest BCUT2D eigenvalue weighted by Gasteiger charge is -2.40. The number of ether oxygens (including phenoxy) is 2. The van der Waals surface area contributed by atoms with E-state index in [0.717, 1.165) is 30.3 Å². The molecular formula is C30H26O14. The van der Waals surface area contributed by atoms with Crippen molar-refractivity contribution in [3.05, 3.63) is 76.0 Å². The molecule has 9 N–H and O–H groups in total. The largest absolute Gasteiger partial charge is 0.508 e. The zero-order valence-electron chi connectivity index (χ0n) is 22.4. The second kappa shape index (κ2) is 11.8. The maximum absolute atomic E-state index is 13.8. The van der Waals surface area contributed by atoms with Gasteiger partial charge in [0.1, 0.15) is 65.4 Å². The molecule has 0 spiro atoms. The van der Waals surface area contributed by atoms with Gasteiger partial charge in [0.15, 0.2) is 23.0 Å². The molecule has 0 saturated carbocycles. The van der Waals surface area contributed by atoms with Gasteiger partial charge in [-0.05, 0) is 42.0 Å². The summed E-state index contributed by atoms with van der Waals surface area (Å²) in [5.74, 6) is -4.27. The van der Waals surface area contributed by atoms with Gasteiger partial charge in [-0.2, -0.15) is 0 Å². The number of esters is 1. The van der Waals surface area contributed by atoms with Crippen LogP contribution >= 0.6 is 0 Å². The molecule has 14 heteroatoms. The van der Waals surface area contributed by atoms with E-state index in [1.807, 2.05) is 0 Å². The van der Waals surface area contributed by atoms with Gasteiger partial charge in [0.2, 0.25) is 5.43 Å². The second-order valence-corrected chi connectivity index (χ2v) is 9.99. The molecule has 0 bridgehead atoms. The van der Waals surface area contributed by atoms with Gasteiger partial charge in [-0.1, -0.05) is 6.07 Å². The van der Waals surface area contributed by atoms with Gasteiger partial charge in [-0.25, -0.2) is 4.79 Å². The quantitative estimate of drug-likeness (QED) is 0.0852. The van der Waals surface area contributed by atoms with Gasteiger partial charge in [-0.15, -0.1) is 0 Å². The van der Waals surface area contributed by atoms with Crippen LogP contribution in [0.4, 0.5) is 0 Å². The van der Waals surface area contributed by atoms with Crippen LogP contribution in [0.5, 0.6) is 34.5 Å². The molecule has 1 fully saturated rings. The number of phenolic OH excluding ortho intramolecular Hbond substituents is 6. The molecule has 1 saturated heterocycles. The standard InChI is InChI=1S/C30H26O14/c31-14-9-19(36)23-20(10-14)43-29(13-3-5-16(33)18(35)8-13)24(26(23)39)30-28(41)27(40)25(38)21(44-30)11-42-22(37)6-2-12-1-4-15(32)17(34)7-12/h1-10,21,25,27-28,30-36,38,40-41H,11H2/b6-2+/t21-,25-,27+,28-,30+/m1/s1. The monoisotopic (exact) mass is 610 g/mol. The maximum Gasteiger partial charge on any atom is 0.330 e. The van der Waals surface area contributed by atoms with E-state index < -0.39 is 88.2 Å². The summed E-state index contributed by atoms with van der Waals surface area (Å²) in [6, 6.07) is 9.10. The molecule has 1 aliphatic rings. The Balaban J connectivity index is 1.50. The van der Waals surface area contributed by atoms with Crippen LogP contribution in [-0.2, 0) is 14.3 Å². The smallest absolute Gasteiger partial charge is 0.330 e. The number of carbonyl (C=O) groups is 1. The molecular weight excluding hydrogens is 584 g/mol. The number of fused-ring (bicyclic) bond motifs is 1. The van der Waals surface area contributed by atoms with Gasteiger partial charge in [-0.3, -0.25) is 4.79 Å². The van der Waals surface area contributed by atoms with Crippen molar-refractivity contribution in [3.8, 4) is 45.8 Å². The molecule has 5 atom stereocenters. The average molecular weight is 611 g/mol. The van der Waals surface area contributed by atoms with Crippen LogP contribution in [0.2, 0.25) is 0 Å². The maximum atomic E-state index is 13.8. The number of aliphatic hydroxyl groups is 3. The third kappa shape index (κ3) is 5.69. The summed E-state index contributed by atoms with van der Waals surface area (Å²) in [5, 5.41) is 91.0. The van der Waals surface area contributed by atoms with Gasteiger partial charge in [0, 0.05) is 23.8 Å². The first-order chi connectivity index (χ1) is 20.8. The van der Waals surface area contributed by atoms with Crippen LogP contribution in [0.25, 0.3) is 28.4 Å². The minimum atomic E-state index is -1.96. The van der Waals surface area contributed by atoms with Gasteiger partial charge in [0.25, 0.3) is 0 Å². The first kappa shape index (κ1) is 30.2. The van der Waals surface area contributed by atoms with Crippen LogP contribution in [0, 0.1) is 0 Å². The molecule has 3 aromatic carbocycles. The third-order valence-corrected chi connectivity index (χ3v) is 7.03. The van der Waals surface area contributed by atoms with E-state index in [9.17, 15) is 55.5 Å². The van der Waals surface area contributed by atoms with Crippen molar-refractivity contribution in [3.63, 3.8) is 0 Å². The number of hydrogen-bond acceptors (Lipinski definition) is 14. The van der Waals surface area contributed by atoms with Crippen molar-refractivity contribution in [2.24, 2.45) is 0 Å². The number of benzene rings is 3. The summed E-state index contributed by atoms with van der Waals surface area (Å²) in [5.41, 5.74) is -1.39. The molecule has 1 aliphatic heterocycles. The average Bonchev–Trinajstić information content (AvgIpc) is 2.97. The molecule has 2 heterocycles. The van der Waals surface area contributed by atoms with Crippen molar-refractivity contribution in [1.29, 1.82) is 0 Å². The Morgan fingerprint density at radius 1 is 0.795 bits per heavy atom. The molecule has 0 unspecified atom stereocenters. The summed E-state index contributed by atoms with van der Waals surface area (Å²) in [7, 11) is 0. The van der Waals surface area contributed by atoms with Gasteiger partial charge < -0.3 is 59.8 Å². The lowest BCUT2D eigenvalue weighted by molar-refractivity contribution is -0.234. The minimum Gasteiger partial charge on any atom is -0.508 e. The first-order valence-corrected chi connectivity index (χ1v) is 13.0. The summed E-state index contributed by atoms with van der Waals surface area (Å²) >= 11 is 0. The lowest BCUT2D eigenvalue weighted by Crippen LogP contribution is -2.56.